The van der Waals surface area contributed by atoms with Crippen LogP contribution in [-0.4, -0.2) is 20.6 Å². The fourth-order valence-corrected chi connectivity index (χ4v) is 2.37. The average molecular weight is 358 g/mol. The van der Waals surface area contributed by atoms with Crippen LogP contribution in [0.15, 0.2) is 36.4 Å². The molecule has 122 valence electrons. The minimum Gasteiger partial charge on any atom is -0.457 e. The van der Waals surface area contributed by atoms with Gasteiger partial charge in [0.2, 0.25) is 10.0 Å². The molecule has 1 N–H and O–H groups in total. The first kappa shape index (κ1) is 17.2. The summed E-state index contributed by atoms with van der Waals surface area (Å²) in [5.41, 5.74) is 0.0939. The highest BCUT2D eigenvalue weighted by Crippen LogP contribution is 2.28. The topological polar surface area (TPSA) is 72.5 Å². The molecule has 0 spiro atoms. The molecule has 0 saturated heterocycles. The number of aryl methyl sites for hydroxylation is 1. The van der Waals surface area contributed by atoms with Gasteiger partial charge in [0.25, 0.3) is 5.91 Å². The molecule has 2 aromatic carbocycles. The summed E-state index contributed by atoms with van der Waals surface area (Å²) in [6.07, 6.45) is 0.813. The molecule has 0 aromatic heterocycles. The summed E-state index contributed by atoms with van der Waals surface area (Å²) < 4.78 is 43.4. The van der Waals surface area contributed by atoms with Crippen LogP contribution < -0.4 is 9.46 Å². The number of sulfonamides is 1. The Morgan fingerprint density at radius 1 is 1.22 bits per heavy atom. The van der Waals surface area contributed by atoms with Gasteiger partial charge in [0.1, 0.15) is 17.3 Å². The van der Waals surface area contributed by atoms with Crippen molar-refractivity contribution in [2.24, 2.45) is 0 Å². The Balaban J connectivity index is 2.30. The van der Waals surface area contributed by atoms with Gasteiger partial charge in [-0.3, -0.25) is 4.79 Å². The average Bonchev–Trinajstić information content (AvgIpc) is 2.43. The molecule has 0 fully saturated rings. The predicted molar refractivity (Wildman–Crippen MR) is 85.0 cm³/mol. The summed E-state index contributed by atoms with van der Waals surface area (Å²) in [6.45, 7) is 1.61. The Bertz CT molecular complexity index is 851. The van der Waals surface area contributed by atoms with Crippen LogP contribution in [0.25, 0.3) is 0 Å². The molecule has 0 aliphatic rings. The molecule has 0 bridgehead atoms. The zero-order valence-electron chi connectivity index (χ0n) is 12.3. The monoisotopic (exact) mass is 357 g/mol. The van der Waals surface area contributed by atoms with Crippen LogP contribution in [0.1, 0.15) is 15.9 Å². The van der Waals surface area contributed by atoms with Crippen molar-refractivity contribution < 1.29 is 22.3 Å². The van der Waals surface area contributed by atoms with Crippen LogP contribution in [-0.2, 0) is 10.0 Å². The quantitative estimate of drug-likeness (QED) is 0.911. The van der Waals surface area contributed by atoms with Gasteiger partial charge in [-0.15, -0.1) is 0 Å². The maximum absolute atomic E-state index is 14.1. The summed E-state index contributed by atoms with van der Waals surface area (Å²) >= 11 is 5.77. The van der Waals surface area contributed by atoms with E-state index in [1.807, 2.05) is 0 Å². The molecule has 2 aromatic rings. The molecule has 1 amide bonds. The Kier molecular flexibility index (Phi) is 4.91. The number of ether oxygens (including phenoxy) is 1. The first-order valence-electron chi connectivity index (χ1n) is 6.41. The molecule has 5 nitrogen and oxygen atoms in total. The van der Waals surface area contributed by atoms with Gasteiger partial charge in [0.05, 0.1) is 11.8 Å². The molecule has 0 unspecified atom stereocenters. The minimum absolute atomic E-state index is 0.209. The Labute approximate surface area is 138 Å². The molecule has 0 radical (unpaired) electrons. The summed E-state index contributed by atoms with van der Waals surface area (Å²) in [6, 6.07) is 8.73. The van der Waals surface area contributed by atoms with Crippen molar-refractivity contribution in [1.82, 2.24) is 4.72 Å². The van der Waals surface area contributed by atoms with Gasteiger partial charge in [-0.2, -0.15) is 0 Å². The highest BCUT2D eigenvalue weighted by atomic mass is 35.5. The van der Waals surface area contributed by atoms with Gasteiger partial charge >= 0.3 is 0 Å². The van der Waals surface area contributed by atoms with E-state index in [9.17, 15) is 17.6 Å². The Morgan fingerprint density at radius 3 is 2.39 bits per heavy atom. The van der Waals surface area contributed by atoms with Crippen molar-refractivity contribution in [2.75, 3.05) is 6.26 Å². The zero-order chi connectivity index (χ0) is 17.2. The second-order valence-corrected chi connectivity index (χ2v) is 7.04. The number of carbonyl (C=O) groups excluding carboxylic acids is 1. The Hall–Kier alpha value is -2.12. The lowest BCUT2D eigenvalue weighted by atomic mass is 10.1. The van der Waals surface area contributed by atoms with E-state index in [4.69, 9.17) is 16.3 Å². The van der Waals surface area contributed by atoms with Crippen LogP contribution in [0.5, 0.6) is 11.5 Å². The third-order valence-corrected chi connectivity index (χ3v) is 3.64. The molecule has 0 aliphatic heterocycles. The van der Waals surface area contributed by atoms with E-state index in [0.717, 1.165) is 12.3 Å². The molecule has 2 rings (SSSR count). The second-order valence-electron chi connectivity index (χ2n) is 4.86. The lowest BCUT2D eigenvalue weighted by Gasteiger charge is -2.11. The molecule has 0 saturated carbocycles. The third-order valence-electron chi connectivity index (χ3n) is 2.83. The number of rotatable bonds is 4. The van der Waals surface area contributed by atoms with E-state index in [0.29, 0.717) is 16.3 Å². The standard InChI is InChI=1S/C15H13ClFNO4S/c1-9-7-12(15(19)18-23(2,20)21)13(17)8-14(9)22-11-5-3-10(16)4-6-11/h3-8H,1-2H3,(H,18,19). The normalized spacial score (nSPS) is 11.1. The van der Waals surface area contributed by atoms with Crippen LogP contribution in [0.4, 0.5) is 4.39 Å². The lowest BCUT2D eigenvalue weighted by Crippen LogP contribution is -2.30. The molecular weight excluding hydrogens is 345 g/mol. The van der Waals surface area contributed by atoms with Gasteiger partial charge in [0, 0.05) is 11.1 Å². The summed E-state index contributed by atoms with van der Waals surface area (Å²) in [4.78, 5) is 11.8. The maximum atomic E-state index is 14.1. The van der Waals surface area contributed by atoms with E-state index >= 15 is 0 Å². The van der Waals surface area contributed by atoms with Crippen LogP contribution in [0.3, 0.4) is 0 Å². The number of benzene rings is 2. The first-order valence-corrected chi connectivity index (χ1v) is 8.68. The van der Waals surface area contributed by atoms with Crippen LogP contribution in [0.2, 0.25) is 5.02 Å². The fraction of sp³-hybridized carbons (Fsp3) is 0.133. The molecule has 0 aliphatic carbocycles. The number of hydrogen-bond acceptors (Lipinski definition) is 4. The Morgan fingerprint density at radius 2 is 1.83 bits per heavy atom. The lowest BCUT2D eigenvalue weighted by molar-refractivity contribution is 0.0977. The first-order chi connectivity index (χ1) is 10.7. The third kappa shape index (κ3) is 4.67. The van der Waals surface area contributed by atoms with Gasteiger partial charge < -0.3 is 4.74 Å². The summed E-state index contributed by atoms with van der Waals surface area (Å²) in [7, 11) is -3.77. The molecular formula is C15H13ClFNO4S. The summed E-state index contributed by atoms with van der Waals surface area (Å²) in [5, 5.41) is 0.535. The molecule has 8 heteroatoms. The van der Waals surface area contributed by atoms with Crippen molar-refractivity contribution in [1.29, 1.82) is 0 Å². The van der Waals surface area contributed by atoms with Crippen molar-refractivity contribution >= 4 is 27.5 Å². The van der Waals surface area contributed by atoms with Gasteiger partial charge in [-0.25, -0.2) is 17.5 Å². The highest BCUT2D eigenvalue weighted by molar-refractivity contribution is 7.89. The van der Waals surface area contributed by atoms with E-state index in [1.54, 1.807) is 35.9 Å². The molecule has 0 heterocycles. The fourth-order valence-electron chi connectivity index (χ4n) is 1.80. The van der Waals surface area contributed by atoms with Crippen molar-refractivity contribution in [3.63, 3.8) is 0 Å². The van der Waals surface area contributed by atoms with Crippen molar-refractivity contribution in [2.45, 2.75) is 6.92 Å². The molecule has 0 atom stereocenters. The van der Waals surface area contributed by atoms with E-state index in [-0.39, 0.29) is 11.3 Å². The number of nitrogens with one attached hydrogen (secondary N) is 1. The van der Waals surface area contributed by atoms with Gasteiger partial charge in [0.15, 0.2) is 0 Å². The smallest absolute Gasteiger partial charge is 0.267 e. The van der Waals surface area contributed by atoms with E-state index in [1.165, 1.54) is 6.07 Å². The van der Waals surface area contributed by atoms with Gasteiger partial charge in [-0.05, 0) is 42.8 Å². The second kappa shape index (κ2) is 6.55. The van der Waals surface area contributed by atoms with Gasteiger partial charge in [-0.1, -0.05) is 11.6 Å². The zero-order valence-corrected chi connectivity index (χ0v) is 13.8. The largest absolute Gasteiger partial charge is 0.457 e. The number of amides is 1. The molecule has 23 heavy (non-hydrogen) atoms. The van der Waals surface area contributed by atoms with Crippen molar-refractivity contribution in [3.05, 3.63) is 58.4 Å². The summed E-state index contributed by atoms with van der Waals surface area (Å²) in [5.74, 6) is -1.27. The SMILES string of the molecule is Cc1cc(C(=O)NS(C)(=O)=O)c(F)cc1Oc1ccc(Cl)cc1. The van der Waals surface area contributed by atoms with E-state index in [2.05, 4.69) is 0 Å². The number of carbonyl (C=O) groups is 1. The predicted octanol–water partition coefficient (Wildman–Crippen LogP) is 3.27. The van der Waals surface area contributed by atoms with Crippen molar-refractivity contribution in [3.8, 4) is 11.5 Å². The minimum atomic E-state index is -3.77. The number of halogens is 2. The van der Waals surface area contributed by atoms with E-state index < -0.39 is 21.7 Å². The van der Waals surface area contributed by atoms with Crippen LogP contribution >= 0.6 is 11.6 Å². The van der Waals surface area contributed by atoms with Crippen LogP contribution in [0, 0.1) is 12.7 Å². The number of hydrogen-bond donors (Lipinski definition) is 1. The maximum Gasteiger partial charge on any atom is 0.267 e. The highest BCUT2D eigenvalue weighted by Gasteiger charge is 2.18.